The Morgan fingerprint density at radius 1 is 0.900 bits per heavy atom. The van der Waals surface area contributed by atoms with Gasteiger partial charge in [-0.1, -0.05) is 41.5 Å². The molecule has 0 saturated heterocycles. The van der Waals surface area contributed by atoms with Gasteiger partial charge in [0.05, 0.1) is 19.8 Å². The molecule has 0 N–H and O–H groups in total. The number of ether oxygens (including phenoxy) is 2. The summed E-state index contributed by atoms with van der Waals surface area (Å²) >= 11 is 0. The van der Waals surface area contributed by atoms with Crippen LogP contribution in [0.2, 0.25) is 0 Å². The minimum absolute atomic E-state index is 0.116. The van der Waals surface area contributed by atoms with Crippen molar-refractivity contribution in [1.29, 1.82) is 0 Å². The highest BCUT2D eigenvalue weighted by atomic mass is 16.5. The number of benzene rings is 1. The summed E-state index contributed by atoms with van der Waals surface area (Å²) in [6.07, 6.45) is 0.850. The maximum atomic E-state index is 11.4. The van der Waals surface area contributed by atoms with Crippen molar-refractivity contribution in [3.05, 3.63) is 22.8 Å². The third-order valence-electron chi connectivity index (χ3n) is 3.35. The van der Waals surface area contributed by atoms with Gasteiger partial charge in [-0.05, 0) is 16.9 Å². The van der Waals surface area contributed by atoms with Gasteiger partial charge in [-0.15, -0.1) is 0 Å². The minimum atomic E-state index is -0.185. The molecule has 20 heavy (non-hydrogen) atoms. The van der Waals surface area contributed by atoms with Crippen LogP contribution in [-0.2, 0) is 10.8 Å². The molecule has 3 heteroatoms. The average molecular weight is 278 g/mol. The van der Waals surface area contributed by atoms with E-state index in [4.69, 9.17) is 9.47 Å². The van der Waals surface area contributed by atoms with Crippen LogP contribution in [0.5, 0.6) is 11.5 Å². The minimum Gasteiger partial charge on any atom is -0.496 e. The van der Waals surface area contributed by atoms with Crippen LogP contribution in [0.15, 0.2) is 6.07 Å². The molecule has 0 spiro atoms. The van der Waals surface area contributed by atoms with E-state index in [1.165, 1.54) is 0 Å². The van der Waals surface area contributed by atoms with Gasteiger partial charge in [-0.2, -0.15) is 0 Å². The molecule has 0 atom stereocenters. The summed E-state index contributed by atoms with van der Waals surface area (Å²) in [6.45, 7) is 12.6. The number of carbonyl (C=O) groups excluding carboxylic acids is 1. The number of hydrogen-bond donors (Lipinski definition) is 0. The van der Waals surface area contributed by atoms with Crippen molar-refractivity contribution in [2.45, 2.75) is 52.4 Å². The molecule has 0 aliphatic rings. The Bertz CT molecular complexity index is 502. The zero-order chi connectivity index (χ0) is 15.7. The van der Waals surface area contributed by atoms with Crippen LogP contribution < -0.4 is 9.47 Å². The molecule has 0 aromatic heterocycles. The summed E-state index contributed by atoms with van der Waals surface area (Å²) < 4.78 is 11.2. The third-order valence-corrected chi connectivity index (χ3v) is 3.35. The Labute approximate surface area is 122 Å². The summed E-state index contributed by atoms with van der Waals surface area (Å²) in [6, 6.07) is 1.87. The van der Waals surface area contributed by atoms with Crippen molar-refractivity contribution >= 4 is 6.29 Å². The largest absolute Gasteiger partial charge is 0.496 e. The normalized spacial score (nSPS) is 12.2. The monoisotopic (exact) mass is 278 g/mol. The van der Waals surface area contributed by atoms with Crippen molar-refractivity contribution in [3.8, 4) is 11.5 Å². The lowest BCUT2D eigenvalue weighted by atomic mass is 9.77. The predicted molar refractivity (Wildman–Crippen MR) is 82.3 cm³/mol. The summed E-state index contributed by atoms with van der Waals surface area (Å²) in [4.78, 5) is 11.4. The molecule has 0 aliphatic carbocycles. The molecule has 0 heterocycles. The molecule has 0 aliphatic heterocycles. The van der Waals surface area contributed by atoms with Crippen LogP contribution in [0.25, 0.3) is 0 Å². The van der Waals surface area contributed by atoms with E-state index in [9.17, 15) is 4.79 Å². The highest BCUT2D eigenvalue weighted by Crippen LogP contribution is 2.46. The first-order valence-corrected chi connectivity index (χ1v) is 6.83. The van der Waals surface area contributed by atoms with Crippen molar-refractivity contribution in [2.24, 2.45) is 0 Å². The standard InChI is InChI=1S/C17H26O3/c1-16(2,3)12-9-11(10-18)14(19-7)13(15(12)20-8)17(4,5)6/h9-10H,1-8H3. The molecule has 0 radical (unpaired) electrons. The number of hydrogen-bond acceptors (Lipinski definition) is 3. The summed E-state index contributed by atoms with van der Waals surface area (Å²) in [5.74, 6) is 1.42. The fraction of sp³-hybridized carbons (Fsp3) is 0.588. The molecular formula is C17H26O3. The van der Waals surface area contributed by atoms with Crippen LogP contribution in [-0.4, -0.2) is 20.5 Å². The fourth-order valence-electron chi connectivity index (χ4n) is 2.43. The van der Waals surface area contributed by atoms with E-state index in [0.29, 0.717) is 11.3 Å². The Kier molecular flexibility index (Phi) is 4.52. The van der Waals surface area contributed by atoms with Gasteiger partial charge in [0.1, 0.15) is 11.5 Å². The first kappa shape index (κ1) is 16.5. The lowest BCUT2D eigenvalue weighted by Gasteiger charge is -2.31. The van der Waals surface area contributed by atoms with Gasteiger partial charge < -0.3 is 9.47 Å². The van der Waals surface area contributed by atoms with E-state index >= 15 is 0 Å². The van der Waals surface area contributed by atoms with Gasteiger partial charge in [0, 0.05) is 11.1 Å². The van der Waals surface area contributed by atoms with Crippen molar-refractivity contribution in [2.75, 3.05) is 14.2 Å². The summed E-state index contributed by atoms with van der Waals surface area (Å²) in [5.41, 5.74) is 2.23. The van der Waals surface area contributed by atoms with Crippen LogP contribution in [0, 0.1) is 0 Å². The van der Waals surface area contributed by atoms with Gasteiger partial charge in [0.2, 0.25) is 0 Å². The Balaban J connectivity index is 3.89. The summed E-state index contributed by atoms with van der Waals surface area (Å²) in [7, 11) is 3.26. The number of carbonyl (C=O) groups is 1. The van der Waals surface area contributed by atoms with Crippen LogP contribution >= 0.6 is 0 Å². The molecule has 1 rings (SSSR count). The van der Waals surface area contributed by atoms with Gasteiger partial charge >= 0.3 is 0 Å². The average Bonchev–Trinajstić information content (AvgIpc) is 2.33. The van der Waals surface area contributed by atoms with E-state index in [0.717, 1.165) is 23.2 Å². The van der Waals surface area contributed by atoms with Crippen LogP contribution in [0.3, 0.4) is 0 Å². The molecule has 0 amide bonds. The Morgan fingerprint density at radius 3 is 1.70 bits per heavy atom. The highest BCUT2D eigenvalue weighted by molar-refractivity contribution is 5.83. The molecule has 0 unspecified atom stereocenters. The quantitative estimate of drug-likeness (QED) is 0.780. The molecule has 0 saturated carbocycles. The number of rotatable bonds is 3. The van der Waals surface area contributed by atoms with Crippen LogP contribution in [0.1, 0.15) is 63.0 Å². The molecule has 112 valence electrons. The van der Waals surface area contributed by atoms with Crippen LogP contribution in [0.4, 0.5) is 0 Å². The first-order chi connectivity index (χ1) is 9.07. The lowest BCUT2D eigenvalue weighted by Crippen LogP contribution is -2.21. The maximum absolute atomic E-state index is 11.4. The second kappa shape index (κ2) is 5.47. The predicted octanol–water partition coefficient (Wildman–Crippen LogP) is 4.11. The Morgan fingerprint density at radius 2 is 1.40 bits per heavy atom. The second-order valence-corrected chi connectivity index (χ2v) is 7.07. The van der Waals surface area contributed by atoms with Crippen molar-refractivity contribution < 1.29 is 14.3 Å². The van der Waals surface area contributed by atoms with Gasteiger partial charge in [0.15, 0.2) is 6.29 Å². The molecule has 0 fully saturated rings. The van der Waals surface area contributed by atoms with Gasteiger partial charge in [0.25, 0.3) is 0 Å². The lowest BCUT2D eigenvalue weighted by molar-refractivity contribution is 0.112. The van der Waals surface area contributed by atoms with Gasteiger partial charge in [-0.3, -0.25) is 4.79 Å². The van der Waals surface area contributed by atoms with E-state index < -0.39 is 0 Å². The molecule has 3 nitrogen and oxygen atoms in total. The van der Waals surface area contributed by atoms with E-state index in [1.54, 1.807) is 14.2 Å². The van der Waals surface area contributed by atoms with E-state index in [-0.39, 0.29) is 10.8 Å². The zero-order valence-corrected chi connectivity index (χ0v) is 13.9. The zero-order valence-electron chi connectivity index (χ0n) is 13.9. The van der Waals surface area contributed by atoms with E-state index in [2.05, 4.69) is 41.5 Å². The SMILES string of the molecule is COc1c(C=O)cc(C(C)(C)C)c(OC)c1C(C)(C)C. The van der Waals surface area contributed by atoms with Gasteiger partial charge in [-0.25, -0.2) is 0 Å². The molecular weight excluding hydrogens is 252 g/mol. The molecule has 0 bridgehead atoms. The smallest absolute Gasteiger partial charge is 0.153 e. The van der Waals surface area contributed by atoms with Crippen molar-refractivity contribution in [3.63, 3.8) is 0 Å². The Hall–Kier alpha value is -1.51. The number of methoxy groups -OCH3 is 2. The highest BCUT2D eigenvalue weighted by Gasteiger charge is 2.31. The molecule has 1 aromatic rings. The fourth-order valence-corrected chi connectivity index (χ4v) is 2.43. The van der Waals surface area contributed by atoms with Crippen molar-refractivity contribution in [1.82, 2.24) is 0 Å². The number of aldehydes is 1. The molecule has 1 aromatic carbocycles. The second-order valence-electron chi connectivity index (χ2n) is 7.07. The topological polar surface area (TPSA) is 35.5 Å². The summed E-state index contributed by atoms with van der Waals surface area (Å²) in [5, 5.41) is 0. The maximum Gasteiger partial charge on any atom is 0.153 e. The first-order valence-electron chi connectivity index (χ1n) is 6.83. The third kappa shape index (κ3) is 2.97. The van der Waals surface area contributed by atoms with E-state index in [1.807, 2.05) is 6.07 Å².